The minimum atomic E-state index is -0.143. The SMILES string of the molecule is COc1ccc2c(Cl)c(C(=O)NCC3CCCO3)sc2c1. The zero-order valence-electron chi connectivity index (χ0n) is 11.6. The first kappa shape index (κ1) is 14.6. The van der Waals surface area contributed by atoms with Crippen LogP contribution in [0.25, 0.3) is 10.1 Å². The predicted octanol–water partition coefficient (Wildman–Crippen LogP) is 3.47. The van der Waals surface area contributed by atoms with Crippen molar-refractivity contribution in [1.29, 1.82) is 0 Å². The van der Waals surface area contributed by atoms with Gasteiger partial charge in [-0.15, -0.1) is 11.3 Å². The average Bonchev–Trinajstić information content (AvgIpc) is 3.12. The first-order valence-corrected chi connectivity index (χ1v) is 8.04. The van der Waals surface area contributed by atoms with E-state index in [0.29, 0.717) is 16.4 Å². The molecule has 1 fully saturated rings. The molecule has 1 aliphatic heterocycles. The smallest absolute Gasteiger partial charge is 0.263 e. The van der Waals surface area contributed by atoms with Gasteiger partial charge in [0.1, 0.15) is 10.6 Å². The highest BCUT2D eigenvalue weighted by Crippen LogP contribution is 2.37. The van der Waals surface area contributed by atoms with E-state index >= 15 is 0 Å². The van der Waals surface area contributed by atoms with E-state index in [4.69, 9.17) is 21.1 Å². The number of carbonyl (C=O) groups is 1. The number of nitrogens with one attached hydrogen (secondary N) is 1. The summed E-state index contributed by atoms with van der Waals surface area (Å²) in [5.74, 6) is 0.613. The fourth-order valence-corrected chi connectivity index (χ4v) is 3.87. The van der Waals surface area contributed by atoms with Crippen LogP contribution < -0.4 is 10.1 Å². The Balaban J connectivity index is 1.78. The Bertz CT molecular complexity index is 664. The molecular weight excluding hydrogens is 310 g/mol. The molecule has 21 heavy (non-hydrogen) atoms. The zero-order chi connectivity index (χ0) is 14.8. The van der Waals surface area contributed by atoms with Crippen molar-refractivity contribution in [2.45, 2.75) is 18.9 Å². The number of halogens is 1. The van der Waals surface area contributed by atoms with Gasteiger partial charge in [-0.3, -0.25) is 4.79 Å². The molecule has 112 valence electrons. The number of fused-ring (bicyclic) bond motifs is 1. The first-order valence-electron chi connectivity index (χ1n) is 6.85. The van der Waals surface area contributed by atoms with Crippen molar-refractivity contribution in [2.75, 3.05) is 20.3 Å². The lowest BCUT2D eigenvalue weighted by molar-refractivity contribution is 0.0861. The van der Waals surface area contributed by atoms with Crippen molar-refractivity contribution in [3.05, 3.63) is 28.1 Å². The number of amides is 1. The van der Waals surface area contributed by atoms with Crippen LogP contribution in [-0.4, -0.2) is 32.3 Å². The molecule has 0 bridgehead atoms. The second kappa shape index (κ2) is 6.22. The van der Waals surface area contributed by atoms with Crippen molar-refractivity contribution in [2.24, 2.45) is 0 Å². The van der Waals surface area contributed by atoms with Gasteiger partial charge in [-0.25, -0.2) is 0 Å². The summed E-state index contributed by atoms with van der Waals surface area (Å²) in [4.78, 5) is 12.8. The van der Waals surface area contributed by atoms with Crippen LogP contribution in [0.15, 0.2) is 18.2 Å². The molecule has 1 saturated heterocycles. The number of hydrogen-bond acceptors (Lipinski definition) is 4. The van der Waals surface area contributed by atoms with Crippen molar-refractivity contribution >= 4 is 38.9 Å². The van der Waals surface area contributed by atoms with E-state index in [0.717, 1.165) is 35.3 Å². The van der Waals surface area contributed by atoms with Gasteiger partial charge in [-0.05, 0) is 31.0 Å². The third kappa shape index (κ3) is 3.00. The lowest BCUT2D eigenvalue weighted by Gasteiger charge is -2.09. The van der Waals surface area contributed by atoms with Crippen LogP contribution in [0.2, 0.25) is 5.02 Å². The van der Waals surface area contributed by atoms with Crippen LogP contribution in [0.3, 0.4) is 0 Å². The van der Waals surface area contributed by atoms with Gasteiger partial charge in [-0.1, -0.05) is 11.6 Å². The van der Waals surface area contributed by atoms with Gasteiger partial charge in [0.05, 0.1) is 18.2 Å². The topological polar surface area (TPSA) is 47.6 Å². The fraction of sp³-hybridized carbons (Fsp3) is 0.400. The van der Waals surface area contributed by atoms with Crippen LogP contribution in [0.5, 0.6) is 5.75 Å². The minimum Gasteiger partial charge on any atom is -0.497 e. The highest BCUT2D eigenvalue weighted by atomic mass is 35.5. The Hall–Kier alpha value is -1.30. The highest BCUT2D eigenvalue weighted by Gasteiger charge is 2.20. The standard InChI is InChI=1S/C15H16ClNO3S/c1-19-9-4-5-11-12(7-9)21-14(13(11)16)15(18)17-8-10-3-2-6-20-10/h4-5,7,10H,2-3,6,8H2,1H3,(H,17,18). The van der Waals surface area contributed by atoms with Crippen LogP contribution in [0.1, 0.15) is 22.5 Å². The van der Waals surface area contributed by atoms with E-state index in [1.165, 1.54) is 11.3 Å². The van der Waals surface area contributed by atoms with E-state index < -0.39 is 0 Å². The second-order valence-corrected chi connectivity index (χ2v) is 6.38. The van der Waals surface area contributed by atoms with Gasteiger partial charge in [-0.2, -0.15) is 0 Å². The second-order valence-electron chi connectivity index (χ2n) is 4.95. The molecule has 1 aliphatic rings. The molecule has 1 aromatic carbocycles. The summed E-state index contributed by atoms with van der Waals surface area (Å²) in [7, 11) is 1.62. The summed E-state index contributed by atoms with van der Waals surface area (Å²) < 4.78 is 11.6. The summed E-state index contributed by atoms with van der Waals surface area (Å²) in [6.45, 7) is 1.32. The number of carbonyl (C=O) groups excluding carboxylic acids is 1. The van der Waals surface area contributed by atoms with Crippen molar-refractivity contribution in [3.8, 4) is 5.75 Å². The molecule has 0 radical (unpaired) electrons. The molecule has 0 spiro atoms. The highest BCUT2D eigenvalue weighted by molar-refractivity contribution is 7.21. The zero-order valence-corrected chi connectivity index (χ0v) is 13.2. The normalized spacial score (nSPS) is 18.1. The van der Waals surface area contributed by atoms with Gasteiger partial charge in [0.15, 0.2) is 0 Å². The maximum absolute atomic E-state index is 12.3. The van der Waals surface area contributed by atoms with Gasteiger partial charge in [0.2, 0.25) is 0 Å². The van der Waals surface area contributed by atoms with Crippen LogP contribution in [-0.2, 0) is 4.74 Å². The van der Waals surface area contributed by atoms with E-state index in [1.807, 2.05) is 18.2 Å². The summed E-state index contributed by atoms with van der Waals surface area (Å²) >= 11 is 7.70. The van der Waals surface area contributed by atoms with E-state index in [2.05, 4.69) is 5.32 Å². The Morgan fingerprint density at radius 3 is 3.14 bits per heavy atom. The Labute approximate surface area is 132 Å². The van der Waals surface area contributed by atoms with Gasteiger partial charge in [0, 0.05) is 23.2 Å². The largest absolute Gasteiger partial charge is 0.497 e. The lowest BCUT2D eigenvalue weighted by Crippen LogP contribution is -2.31. The van der Waals surface area contributed by atoms with E-state index in [9.17, 15) is 4.79 Å². The summed E-state index contributed by atoms with van der Waals surface area (Å²) in [6, 6.07) is 5.61. The van der Waals surface area contributed by atoms with Gasteiger partial charge in [0.25, 0.3) is 5.91 Å². The fourth-order valence-electron chi connectivity index (χ4n) is 2.41. The third-order valence-corrected chi connectivity index (χ3v) is 5.21. The quantitative estimate of drug-likeness (QED) is 0.936. The number of methoxy groups -OCH3 is 1. The molecule has 1 aromatic heterocycles. The van der Waals surface area contributed by atoms with Crippen LogP contribution in [0, 0.1) is 0 Å². The molecule has 2 heterocycles. The summed E-state index contributed by atoms with van der Waals surface area (Å²) in [5, 5.41) is 4.28. The third-order valence-electron chi connectivity index (χ3n) is 3.56. The van der Waals surface area contributed by atoms with E-state index in [-0.39, 0.29) is 12.0 Å². The minimum absolute atomic E-state index is 0.127. The monoisotopic (exact) mass is 325 g/mol. The Morgan fingerprint density at radius 1 is 1.57 bits per heavy atom. The number of rotatable bonds is 4. The van der Waals surface area contributed by atoms with Gasteiger partial charge < -0.3 is 14.8 Å². The molecule has 0 aliphatic carbocycles. The number of hydrogen-bond donors (Lipinski definition) is 1. The lowest BCUT2D eigenvalue weighted by atomic mass is 10.2. The Morgan fingerprint density at radius 2 is 2.43 bits per heavy atom. The van der Waals surface area contributed by atoms with Crippen LogP contribution >= 0.6 is 22.9 Å². The molecule has 1 atom stereocenters. The number of thiophene rings is 1. The average molecular weight is 326 g/mol. The molecule has 2 aromatic rings. The summed E-state index contributed by atoms with van der Waals surface area (Å²) in [5.41, 5.74) is 0. The maximum Gasteiger partial charge on any atom is 0.263 e. The molecule has 3 rings (SSSR count). The molecule has 0 saturated carbocycles. The predicted molar refractivity (Wildman–Crippen MR) is 84.7 cm³/mol. The molecular formula is C15H16ClNO3S. The Kier molecular flexibility index (Phi) is 4.33. The van der Waals surface area contributed by atoms with Crippen molar-refractivity contribution < 1.29 is 14.3 Å². The molecule has 6 heteroatoms. The molecule has 4 nitrogen and oxygen atoms in total. The van der Waals surface area contributed by atoms with Crippen molar-refractivity contribution in [1.82, 2.24) is 5.32 Å². The summed E-state index contributed by atoms with van der Waals surface area (Å²) in [6.07, 6.45) is 2.18. The first-order chi connectivity index (χ1) is 10.2. The molecule has 1 unspecified atom stereocenters. The maximum atomic E-state index is 12.3. The van der Waals surface area contributed by atoms with Crippen LogP contribution in [0.4, 0.5) is 0 Å². The molecule has 1 amide bonds. The number of ether oxygens (including phenoxy) is 2. The van der Waals surface area contributed by atoms with Crippen molar-refractivity contribution in [3.63, 3.8) is 0 Å². The van der Waals surface area contributed by atoms with Gasteiger partial charge >= 0.3 is 0 Å². The molecule has 1 N–H and O–H groups in total. The van der Waals surface area contributed by atoms with E-state index in [1.54, 1.807) is 7.11 Å². The number of benzene rings is 1.